The summed E-state index contributed by atoms with van der Waals surface area (Å²) >= 11 is 0. The van der Waals surface area contributed by atoms with Crippen molar-refractivity contribution in [1.82, 2.24) is 0 Å². The van der Waals surface area contributed by atoms with Crippen LogP contribution in [0.5, 0.6) is 0 Å². The molecule has 3 N–H and O–H groups in total. The number of rotatable bonds is 54. The van der Waals surface area contributed by atoms with Crippen molar-refractivity contribution in [2.24, 2.45) is 5.73 Å². The largest absolute Gasteiger partial charge is 0.472 e. The van der Waals surface area contributed by atoms with E-state index in [9.17, 15) is 19.0 Å². The van der Waals surface area contributed by atoms with E-state index in [1.807, 2.05) is 0 Å². The number of phosphoric ester groups is 1. The molecule has 390 valence electrons. The molecule has 0 saturated carbocycles. The van der Waals surface area contributed by atoms with Gasteiger partial charge in [-0.05, 0) is 38.5 Å². The average molecular weight is 954 g/mol. The van der Waals surface area contributed by atoms with Gasteiger partial charge < -0.3 is 20.1 Å². The van der Waals surface area contributed by atoms with Gasteiger partial charge in [0.25, 0.3) is 0 Å². The van der Waals surface area contributed by atoms with E-state index in [1.165, 1.54) is 193 Å². The van der Waals surface area contributed by atoms with Gasteiger partial charge in [-0.15, -0.1) is 0 Å². The summed E-state index contributed by atoms with van der Waals surface area (Å²) in [6.07, 6.45) is 61.1. The van der Waals surface area contributed by atoms with E-state index >= 15 is 0 Å². The Kier molecular flexibility index (Phi) is 51.6. The molecule has 0 fully saturated rings. The van der Waals surface area contributed by atoms with Gasteiger partial charge in [-0.1, -0.05) is 263 Å². The summed E-state index contributed by atoms with van der Waals surface area (Å²) in [4.78, 5) is 35.0. The molecule has 0 heterocycles. The van der Waals surface area contributed by atoms with Gasteiger partial charge in [-0.25, -0.2) is 4.57 Å². The van der Waals surface area contributed by atoms with E-state index < -0.39 is 26.5 Å². The van der Waals surface area contributed by atoms with Crippen molar-refractivity contribution in [3.8, 4) is 0 Å². The first-order valence-corrected chi connectivity index (χ1v) is 29.8. The number of esters is 2. The van der Waals surface area contributed by atoms with Crippen molar-refractivity contribution < 1.29 is 37.6 Å². The fourth-order valence-electron chi connectivity index (χ4n) is 8.36. The SMILES string of the molecule is CCCC/C=C\C/C=C\CCCCCCCC(=O)OC(COC(=O)CCCCCCCCCCCCCCCCCCCCCCCCCCCCCCCCC)COP(=O)(O)OCCN. The highest BCUT2D eigenvalue weighted by Gasteiger charge is 2.26. The molecular formula is C56H108NO8P. The van der Waals surface area contributed by atoms with E-state index in [4.69, 9.17) is 24.3 Å². The van der Waals surface area contributed by atoms with Crippen LogP contribution in [0.1, 0.15) is 290 Å². The summed E-state index contributed by atoms with van der Waals surface area (Å²) in [5.41, 5.74) is 5.37. The van der Waals surface area contributed by atoms with Crippen molar-refractivity contribution in [2.75, 3.05) is 26.4 Å². The van der Waals surface area contributed by atoms with Gasteiger partial charge in [0, 0.05) is 19.4 Å². The third-order valence-electron chi connectivity index (χ3n) is 12.6. The average Bonchev–Trinajstić information content (AvgIpc) is 3.31. The van der Waals surface area contributed by atoms with Crippen molar-refractivity contribution in [2.45, 2.75) is 296 Å². The van der Waals surface area contributed by atoms with Crippen LogP contribution in [0.25, 0.3) is 0 Å². The zero-order valence-electron chi connectivity index (χ0n) is 43.5. The first kappa shape index (κ1) is 64.5. The quantitative estimate of drug-likeness (QED) is 0.0264. The number of hydrogen-bond acceptors (Lipinski definition) is 8. The topological polar surface area (TPSA) is 134 Å². The molecule has 0 rings (SSSR count). The Hall–Kier alpha value is -1.51. The minimum atomic E-state index is -4.38. The van der Waals surface area contributed by atoms with Crippen molar-refractivity contribution in [3.63, 3.8) is 0 Å². The van der Waals surface area contributed by atoms with E-state index in [0.29, 0.717) is 6.42 Å². The molecule has 0 saturated heterocycles. The van der Waals surface area contributed by atoms with Crippen LogP contribution in [-0.4, -0.2) is 49.3 Å². The predicted octanol–water partition coefficient (Wildman–Crippen LogP) is 17.5. The maximum atomic E-state index is 12.6. The Balaban J connectivity index is 3.83. The van der Waals surface area contributed by atoms with Gasteiger partial charge in [0.2, 0.25) is 0 Å². The molecular weight excluding hydrogens is 846 g/mol. The maximum Gasteiger partial charge on any atom is 0.472 e. The molecule has 0 spiro atoms. The second-order valence-electron chi connectivity index (χ2n) is 19.2. The smallest absolute Gasteiger partial charge is 0.462 e. The van der Waals surface area contributed by atoms with Crippen LogP contribution < -0.4 is 5.73 Å². The summed E-state index contributed by atoms with van der Waals surface area (Å²) < 4.78 is 32.9. The number of unbranched alkanes of at least 4 members (excludes halogenated alkanes) is 37. The van der Waals surface area contributed by atoms with Crippen molar-refractivity contribution in [1.29, 1.82) is 0 Å². The molecule has 2 atom stereocenters. The minimum absolute atomic E-state index is 0.0527. The third-order valence-corrected chi connectivity index (χ3v) is 13.6. The lowest BCUT2D eigenvalue weighted by Crippen LogP contribution is -2.29. The number of hydrogen-bond donors (Lipinski definition) is 2. The monoisotopic (exact) mass is 954 g/mol. The lowest BCUT2D eigenvalue weighted by Gasteiger charge is -2.19. The van der Waals surface area contributed by atoms with Crippen LogP contribution in [0.2, 0.25) is 0 Å². The highest BCUT2D eigenvalue weighted by molar-refractivity contribution is 7.47. The highest BCUT2D eigenvalue weighted by Crippen LogP contribution is 2.43. The highest BCUT2D eigenvalue weighted by atomic mass is 31.2. The number of carbonyl (C=O) groups is 2. The van der Waals surface area contributed by atoms with Gasteiger partial charge in [0.15, 0.2) is 6.10 Å². The number of allylic oxidation sites excluding steroid dienone is 4. The molecule has 0 aliphatic carbocycles. The molecule has 0 bridgehead atoms. The summed E-state index contributed by atoms with van der Waals surface area (Å²) in [7, 11) is -4.38. The summed E-state index contributed by atoms with van der Waals surface area (Å²) in [5, 5.41) is 0. The molecule has 66 heavy (non-hydrogen) atoms. The first-order chi connectivity index (χ1) is 32.3. The molecule has 9 nitrogen and oxygen atoms in total. The van der Waals surface area contributed by atoms with Crippen LogP contribution in [0, 0.1) is 0 Å². The summed E-state index contributed by atoms with van der Waals surface area (Å²) in [6.45, 7) is 3.73. The van der Waals surface area contributed by atoms with Crippen molar-refractivity contribution >= 4 is 19.8 Å². The van der Waals surface area contributed by atoms with Gasteiger partial charge in [0.1, 0.15) is 6.61 Å². The molecule has 0 aliphatic rings. The summed E-state index contributed by atoms with van der Waals surface area (Å²) in [5.74, 6) is -0.831. The van der Waals surface area contributed by atoms with Gasteiger partial charge in [-0.3, -0.25) is 18.6 Å². The fraction of sp³-hybridized carbons (Fsp3) is 0.893. The van der Waals surface area contributed by atoms with E-state index in [-0.39, 0.29) is 38.6 Å². The lowest BCUT2D eigenvalue weighted by atomic mass is 10.0. The number of phosphoric acid groups is 1. The number of nitrogens with two attached hydrogens (primary N) is 1. The molecule has 0 aromatic rings. The van der Waals surface area contributed by atoms with Crippen LogP contribution in [-0.2, 0) is 32.7 Å². The van der Waals surface area contributed by atoms with Crippen LogP contribution >= 0.6 is 7.82 Å². The van der Waals surface area contributed by atoms with E-state index in [0.717, 1.165) is 64.2 Å². The molecule has 0 aromatic carbocycles. The Morgan fingerprint density at radius 2 is 0.803 bits per heavy atom. The number of ether oxygens (including phenoxy) is 2. The molecule has 2 unspecified atom stereocenters. The van der Waals surface area contributed by atoms with Gasteiger partial charge >= 0.3 is 19.8 Å². The second-order valence-corrected chi connectivity index (χ2v) is 20.6. The number of carbonyl (C=O) groups excluding carboxylic acids is 2. The summed E-state index contributed by atoms with van der Waals surface area (Å²) in [6, 6.07) is 0. The lowest BCUT2D eigenvalue weighted by molar-refractivity contribution is -0.161. The zero-order valence-corrected chi connectivity index (χ0v) is 44.3. The normalized spacial score (nSPS) is 13.2. The van der Waals surface area contributed by atoms with Crippen LogP contribution in [0.3, 0.4) is 0 Å². The maximum absolute atomic E-state index is 12.6. The molecule has 0 radical (unpaired) electrons. The van der Waals surface area contributed by atoms with E-state index in [1.54, 1.807) is 0 Å². The predicted molar refractivity (Wildman–Crippen MR) is 280 cm³/mol. The Morgan fingerprint density at radius 1 is 0.455 bits per heavy atom. The van der Waals surface area contributed by atoms with Gasteiger partial charge in [-0.2, -0.15) is 0 Å². The Labute approximate surface area is 408 Å². The fourth-order valence-corrected chi connectivity index (χ4v) is 9.13. The van der Waals surface area contributed by atoms with Crippen molar-refractivity contribution in [3.05, 3.63) is 24.3 Å². The third kappa shape index (κ3) is 51.9. The molecule has 10 heteroatoms. The standard InChI is InChI=1S/C56H108NO8P/c1-3-5-7-9-11-13-15-17-19-20-21-22-23-24-25-26-27-28-29-30-31-32-33-34-35-37-38-40-42-44-46-48-55(58)62-52-54(53-64-66(60,61)63-51-50-57)65-56(59)49-47-45-43-41-39-36-18-16-14-12-10-8-6-4-2/h10,12,16,18,54H,3-9,11,13-15,17,19-53,57H2,1-2H3,(H,60,61)/b12-10-,18-16-. The zero-order chi connectivity index (χ0) is 48.1. The Bertz CT molecular complexity index is 1130. The van der Waals surface area contributed by atoms with E-state index in [2.05, 4.69) is 38.2 Å². The second kappa shape index (κ2) is 52.9. The van der Waals surface area contributed by atoms with Crippen LogP contribution in [0.15, 0.2) is 24.3 Å². The molecule has 0 aliphatic heterocycles. The van der Waals surface area contributed by atoms with Gasteiger partial charge in [0.05, 0.1) is 13.2 Å². The Morgan fingerprint density at radius 3 is 1.20 bits per heavy atom. The molecule has 0 amide bonds. The first-order valence-electron chi connectivity index (χ1n) is 28.3. The minimum Gasteiger partial charge on any atom is -0.462 e. The van der Waals surface area contributed by atoms with Crippen LogP contribution in [0.4, 0.5) is 0 Å². The molecule has 0 aromatic heterocycles.